The van der Waals surface area contributed by atoms with Crippen molar-refractivity contribution in [3.05, 3.63) is 119 Å². The predicted molar refractivity (Wildman–Crippen MR) is 290 cm³/mol. The first kappa shape index (κ1) is 58.4. The third-order valence-corrected chi connectivity index (χ3v) is 27.3. The number of benzene rings is 3. The van der Waals surface area contributed by atoms with Crippen LogP contribution in [0.4, 0.5) is 0 Å². The van der Waals surface area contributed by atoms with Crippen LogP contribution in [0.5, 0.6) is 0 Å². The number of amides is 1. The predicted octanol–water partition coefficient (Wildman–Crippen LogP) is 9.79. The van der Waals surface area contributed by atoms with Crippen LogP contribution in [0.3, 0.4) is 0 Å². The molecule has 0 spiro atoms. The van der Waals surface area contributed by atoms with E-state index in [0.717, 1.165) is 0 Å². The summed E-state index contributed by atoms with van der Waals surface area (Å²) in [5.74, 6) is -5.70. The highest BCUT2D eigenvalue weighted by Gasteiger charge is 2.79. The molecule has 1 aliphatic heterocycles. The Hall–Kier alpha value is -5.31. The van der Waals surface area contributed by atoms with Crippen LogP contribution in [0.15, 0.2) is 102 Å². The Morgan fingerprint density at radius 2 is 1.28 bits per heavy atom. The molecule has 1 amide bonds. The number of hydrogen-bond acceptors (Lipinski definition) is 14. The third-order valence-electron chi connectivity index (χ3n) is 18.1. The average Bonchev–Trinajstić information content (AvgIpc) is 3.42. The van der Waals surface area contributed by atoms with Crippen molar-refractivity contribution in [3.8, 4) is 0 Å². The van der Waals surface area contributed by atoms with Crippen molar-refractivity contribution in [2.24, 2.45) is 16.7 Å². The van der Waals surface area contributed by atoms with Crippen LogP contribution in [0.25, 0.3) is 0 Å². The number of carbonyl (C=O) groups is 6. The average molecular weight is 1080 g/mol. The number of ketones is 1. The van der Waals surface area contributed by atoms with E-state index in [9.17, 15) is 24.3 Å². The first-order chi connectivity index (χ1) is 36.0. The Labute approximate surface area is 450 Å². The number of nitrogens with one attached hydrogen (secondary N) is 1. The fraction of sp³-hybridized carbons (Fsp3) is 0.559. The molecule has 2 saturated carbocycles. The molecule has 0 radical (unpaired) electrons. The van der Waals surface area contributed by atoms with Gasteiger partial charge in [-0.2, -0.15) is 0 Å². The molecule has 17 heteroatoms. The second kappa shape index (κ2) is 23.0. The summed E-state index contributed by atoms with van der Waals surface area (Å²) in [7, 11) is -5.40. The maximum Gasteiger partial charge on any atom is 0.338 e. The summed E-state index contributed by atoms with van der Waals surface area (Å²) in [6.07, 6.45) is -8.46. The van der Waals surface area contributed by atoms with E-state index >= 15 is 9.59 Å². The van der Waals surface area contributed by atoms with Gasteiger partial charge in [-0.05, 0) is 91.1 Å². The smallest absolute Gasteiger partial charge is 0.338 e. The van der Waals surface area contributed by atoms with Crippen LogP contribution in [0, 0.1) is 16.7 Å². The Balaban J connectivity index is 1.49. The largest absolute Gasteiger partial charge is 0.456 e. The molecule has 4 aliphatic rings. The van der Waals surface area contributed by atoms with E-state index in [2.05, 4.69) is 26.1 Å². The van der Waals surface area contributed by atoms with E-state index in [1.165, 1.54) is 13.8 Å². The molecule has 76 heavy (non-hydrogen) atoms. The molecule has 15 nitrogen and oxygen atoms in total. The van der Waals surface area contributed by atoms with Gasteiger partial charge in [0.1, 0.15) is 23.9 Å². The summed E-state index contributed by atoms with van der Waals surface area (Å²) in [6, 6.07) is 28.8. The summed E-state index contributed by atoms with van der Waals surface area (Å²) in [4.78, 5) is 88.6. The van der Waals surface area contributed by atoms with E-state index < -0.39 is 129 Å². The van der Waals surface area contributed by atoms with Crippen LogP contribution in [-0.4, -0.2) is 112 Å². The van der Waals surface area contributed by atoms with Crippen LogP contribution in [-0.2, 0) is 51.7 Å². The molecule has 11 atom stereocenters. The first-order valence-electron chi connectivity index (χ1n) is 27.2. The Kier molecular flexibility index (Phi) is 17.6. The number of hydrogen-bond donors (Lipinski definition) is 2. The van der Waals surface area contributed by atoms with Crippen LogP contribution >= 0.6 is 0 Å². The fourth-order valence-corrected chi connectivity index (χ4v) is 18.7. The van der Waals surface area contributed by atoms with Gasteiger partial charge in [-0.25, -0.2) is 9.59 Å². The second-order valence-corrected chi connectivity index (χ2v) is 31.5. The number of esters is 4. The Bertz CT molecular complexity index is 2620. The topological polar surface area (TPSA) is 199 Å². The number of carbonyl (C=O) groups excluding carboxylic acids is 6. The quantitative estimate of drug-likeness (QED) is 0.0469. The van der Waals surface area contributed by atoms with Gasteiger partial charge in [0.15, 0.2) is 40.2 Å². The number of rotatable bonds is 20. The molecule has 3 aromatic carbocycles. The maximum atomic E-state index is 16.6. The van der Waals surface area contributed by atoms with E-state index in [-0.39, 0.29) is 24.2 Å². The lowest BCUT2D eigenvalue weighted by Gasteiger charge is -2.68. The summed E-state index contributed by atoms with van der Waals surface area (Å²) in [5.41, 5.74) is -5.92. The zero-order valence-corrected chi connectivity index (χ0v) is 48.4. The van der Waals surface area contributed by atoms with Gasteiger partial charge < -0.3 is 43.0 Å². The molecule has 7 rings (SSSR count). The fourth-order valence-electron chi connectivity index (χ4n) is 13.0. The number of ether oxygens (including phenoxy) is 5. The van der Waals surface area contributed by atoms with Crippen molar-refractivity contribution >= 4 is 52.2 Å². The molecule has 3 aliphatic carbocycles. The van der Waals surface area contributed by atoms with Gasteiger partial charge in [-0.3, -0.25) is 19.2 Å². The van der Waals surface area contributed by atoms with Crippen LogP contribution in [0.2, 0.25) is 36.3 Å². The van der Waals surface area contributed by atoms with Gasteiger partial charge in [0.25, 0.3) is 5.91 Å². The molecule has 1 heterocycles. The lowest BCUT2D eigenvalue weighted by molar-refractivity contribution is -0.344. The molecule has 1 saturated heterocycles. The molecule has 412 valence electrons. The van der Waals surface area contributed by atoms with Crippen LogP contribution in [0.1, 0.15) is 128 Å². The zero-order valence-electron chi connectivity index (χ0n) is 46.4. The summed E-state index contributed by atoms with van der Waals surface area (Å²) in [6.45, 7) is 21.2. The van der Waals surface area contributed by atoms with Crippen molar-refractivity contribution in [1.29, 1.82) is 0 Å². The monoisotopic (exact) mass is 1080 g/mol. The highest BCUT2D eigenvalue weighted by atomic mass is 28.4. The van der Waals surface area contributed by atoms with Crippen molar-refractivity contribution in [2.45, 2.75) is 186 Å². The zero-order chi connectivity index (χ0) is 55.6. The minimum atomic E-state index is -2.75. The minimum Gasteiger partial charge on any atom is -0.456 e. The minimum absolute atomic E-state index is 0.0931. The Morgan fingerprint density at radius 1 is 0.737 bits per heavy atom. The second-order valence-electron chi connectivity index (χ2n) is 22.0. The summed E-state index contributed by atoms with van der Waals surface area (Å²) >= 11 is 0. The maximum absolute atomic E-state index is 16.6. The van der Waals surface area contributed by atoms with Gasteiger partial charge in [-0.1, -0.05) is 122 Å². The third kappa shape index (κ3) is 10.4. The molecule has 2 N–H and O–H groups in total. The van der Waals surface area contributed by atoms with E-state index in [1.807, 2.05) is 26.8 Å². The van der Waals surface area contributed by atoms with Gasteiger partial charge in [0.2, 0.25) is 0 Å². The molecular formula is C59H79NO14Si2. The highest BCUT2D eigenvalue weighted by Crippen LogP contribution is 2.65. The number of aliphatic hydroxyl groups is 1. The lowest BCUT2D eigenvalue weighted by atomic mass is 9.44. The SMILES string of the molecule is CC[Si](CC)(CC)O[C@H](C(=O)O[C@H]1C[C@@]2(O)[C@@H](OC(=O)c3ccccc3)[C@@H]3[C@]4(OC(C)=O)CO[C@@H]4C[C@H](O[Si](CC)(CC)CC)[C@@]3(C)C(=O)[C@H](OC(C)=O)C(=C1C)C2(C)C)[C@H](NC(=O)c1ccccc1)c1ccccc1. The van der Waals surface area contributed by atoms with E-state index in [1.54, 1.807) is 113 Å². The van der Waals surface area contributed by atoms with Gasteiger partial charge in [0, 0.05) is 37.7 Å². The van der Waals surface area contributed by atoms with Gasteiger partial charge in [-0.15, -0.1) is 0 Å². The van der Waals surface area contributed by atoms with Crippen molar-refractivity contribution in [2.75, 3.05) is 6.61 Å². The molecule has 3 aromatic rings. The Morgan fingerprint density at radius 3 is 1.78 bits per heavy atom. The molecule has 0 aromatic heterocycles. The van der Waals surface area contributed by atoms with Crippen molar-refractivity contribution < 1.29 is 66.4 Å². The van der Waals surface area contributed by atoms with Crippen molar-refractivity contribution in [1.82, 2.24) is 5.32 Å². The highest BCUT2D eigenvalue weighted by molar-refractivity contribution is 6.74. The summed E-state index contributed by atoms with van der Waals surface area (Å²) < 4.78 is 47.1. The first-order valence-corrected chi connectivity index (χ1v) is 32.3. The van der Waals surface area contributed by atoms with Gasteiger partial charge >= 0.3 is 23.9 Å². The van der Waals surface area contributed by atoms with Gasteiger partial charge in [0.05, 0.1) is 35.6 Å². The normalized spacial score (nSPS) is 28.7. The number of fused-ring (bicyclic) bond motifs is 5. The lowest BCUT2D eigenvalue weighted by Crippen LogP contribution is -2.82. The molecular weight excluding hydrogens is 1000 g/mol. The molecule has 3 fully saturated rings. The summed E-state index contributed by atoms with van der Waals surface area (Å²) in [5, 5.41) is 17.5. The van der Waals surface area contributed by atoms with E-state index in [4.69, 9.17) is 32.5 Å². The molecule has 0 unspecified atom stereocenters. The number of Topliss-reactive ketones (excluding diaryl/α,β-unsaturated/α-hetero) is 1. The molecule has 2 bridgehead atoms. The van der Waals surface area contributed by atoms with E-state index in [0.29, 0.717) is 53.0 Å². The van der Waals surface area contributed by atoms with Crippen molar-refractivity contribution in [3.63, 3.8) is 0 Å². The van der Waals surface area contributed by atoms with Crippen LogP contribution < -0.4 is 5.32 Å². The standard InChI is InChI=1S/C59H79NO14Si2/c1-13-75(14-2,15-3)73-44-34-45-58(36-68-45,72-39(9)62)50-52(71-54(65)42-32-26-21-27-33-42)59(67)35-43(37(7)46(56(59,10)11)48(69-38(8)61)51(63)57(44,50)12)70-55(66)49(74-76(16-4,17-5)18-6)47(40-28-22-19-23-29-40)60-53(64)41-30-24-20-25-31-41/h19-33,43-45,47-50,52,67H,13-18,34-36H2,1-12H3,(H,60,64)/t43-,44-,45+,47+,48+,49-,50-,52-,57+,58-,59+/m0/s1.